The summed E-state index contributed by atoms with van der Waals surface area (Å²) in [5.41, 5.74) is 2.90. The van der Waals surface area contributed by atoms with Crippen molar-refractivity contribution >= 4 is 23.0 Å². The maximum Gasteiger partial charge on any atom is 0.255 e. The summed E-state index contributed by atoms with van der Waals surface area (Å²) in [5.74, 6) is 0.667. The number of ketones is 1. The van der Waals surface area contributed by atoms with E-state index in [9.17, 15) is 14.4 Å². The second kappa shape index (κ2) is 7.88. The Kier molecular flexibility index (Phi) is 5.44. The van der Waals surface area contributed by atoms with Crippen LogP contribution in [-0.2, 0) is 24.3 Å². The molecule has 0 saturated carbocycles. The van der Waals surface area contributed by atoms with Crippen molar-refractivity contribution in [3.8, 4) is 0 Å². The van der Waals surface area contributed by atoms with Crippen molar-refractivity contribution in [3.63, 3.8) is 0 Å². The number of likely N-dealkylation sites (tertiary alicyclic amines) is 1. The Morgan fingerprint density at radius 3 is 2.69 bits per heavy atom. The van der Waals surface area contributed by atoms with Crippen molar-refractivity contribution in [3.05, 3.63) is 55.6 Å². The quantitative estimate of drug-likeness (QED) is 0.706. The topological polar surface area (TPSA) is 62.6 Å². The highest BCUT2D eigenvalue weighted by Gasteiger charge is 2.36. The molecule has 0 aromatic carbocycles. The van der Waals surface area contributed by atoms with Gasteiger partial charge in [-0.05, 0) is 56.4 Å². The molecule has 154 valence electrons. The molecule has 2 aliphatic rings. The fraction of sp³-hybridized carbons (Fsp3) is 0.500. The first-order valence-electron chi connectivity index (χ1n) is 10.0. The number of piperidine rings is 1. The van der Waals surface area contributed by atoms with Gasteiger partial charge in [0, 0.05) is 43.4 Å². The Labute approximate surface area is 174 Å². The van der Waals surface area contributed by atoms with Gasteiger partial charge in [-0.15, -0.1) is 11.3 Å². The molecular formula is C22H27N3O3S. The third kappa shape index (κ3) is 4.07. The lowest BCUT2D eigenvalue weighted by molar-refractivity contribution is -0.133. The van der Waals surface area contributed by atoms with Crippen LogP contribution in [0.2, 0.25) is 0 Å². The summed E-state index contributed by atoms with van der Waals surface area (Å²) in [6.45, 7) is 4.23. The lowest BCUT2D eigenvalue weighted by atomic mass is 9.82. The summed E-state index contributed by atoms with van der Waals surface area (Å²) in [5, 5.41) is 1.90. The molecule has 0 spiro atoms. The van der Waals surface area contributed by atoms with Gasteiger partial charge < -0.3 is 14.4 Å². The van der Waals surface area contributed by atoms with Crippen LogP contribution in [0.25, 0.3) is 0 Å². The van der Waals surface area contributed by atoms with Gasteiger partial charge in [0.05, 0.1) is 11.3 Å². The summed E-state index contributed by atoms with van der Waals surface area (Å²) in [7, 11) is 3.93. The number of carbonyl (C=O) groups excluding carboxylic acids is 2. The van der Waals surface area contributed by atoms with Crippen molar-refractivity contribution in [2.45, 2.75) is 38.8 Å². The van der Waals surface area contributed by atoms with E-state index in [1.807, 2.05) is 46.0 Å². The van der Waals surface area contributed by atoms with E-state index >= 15 is 0 Å². The molecule has 2 aromatic heterocycles. The van der Waals surface area contributed by atoms with Gasteiger partial charge >= 0.3 is 0 Å². The van der Waals surface area contributed by atoms with Gasteiger partial charge in [-0.3, -0.25) is 14.4 Å². The highest BCUT2D eigenvalue weighted by atomic mass is 32.1. The molecule has 4 rings (SSSR count). The average molecular weight is 414 g/mol. The summed E-state index contributed by atoms with van der Waals surface area (Å²) >= 11 is 1.40. The van der Waals surface area contributed by atoms with Crippen LogP contribution in [0.3, 0.4) is 0 Å². The molecule has 1 fully saturated rings. The van der Waals surface area contributed by atoms with Gasteiger partial charge in [-0.1, -0.05) is 6.07 Å². The Morgan fingerprint density at radius 2 is 2.00 bits per heavy atom. The van der Waals surface area contributed by atoms with Gasteiger partial charge in [0.2, 0.25) is 5.91 Å². The van der Waals surface area contributed by atoms with E-state index in [2.05, 4.69) is 6.07 Å². The number of rotatable bonds is 5. The standard InChI is InChI=1S/C22H27N3O3S/c1-14(26)20-7-15(13-29-20)8-21(27)24-9-16-6-18(12-24)19-5-4-17(11-23(2)3)22(28)25(19)10-16/h4-5,7,13,16,18H,6,8-12H2,1-3H3/t16-,18+/m0/s1. The summed E-state index contributed by atoms with van der Waals surface area (Å²) in [6.07, 6.45) is 1.36. The van der Waals surface area contributed by atoms with Gasteiger partial charge in [0.1, 0.15) is 0 Å². The highest BCUT2D eigenvalue weighted by molar-refractivity contribution is 7.12. The second-order valence-electron chi connectivity index (χ2n) is 8.59. The lowest BCUT2D eigenvalue weighted by Gasteiger charge is -2.43. The molecule has 1 saturated heterocycles. The van der Waals surface area contributed by atoms with Crippen LogP contribution < -0.4 is 5.56 Å². The SMILES string of the molecule is CC(=O)c1cc(CC(=O)N2C[C@@H]3C[C@H](C2)c2ccc(CN(C)C)c(=O)n2C3)cs1. The third-order valence-corrected chi connectivity index (χ3v) is 6.96. The largest absolute Gasteiger partial charge is 0.341 e. The van der Waals surface area contributed by atoms with E-state index in [0.717, 1.165) is 23.2 Å². The molecule has 2 bridgehead atoms. The fourth-order valence-electron chi connectivity index (χ4n) is 4.60. The molecule has 0 N–H and O–H groups in total. The molecule has 7 heteroatoms. The molecule has 2 aliphatic heterocycles. The molecular weight excluding hydrogens is 386 g/mol. The molecule has 1 amide bonds. The minimum atomic E-state index is 0.0388. The zero-order valence-electron chi connectivity index (χ0n) is 17.2. The highest BCUT2D eigenvalue weighted by Crippen LogP contribution is 2.35. The van der Waals surface area contributed by atoms with Crippen LogP contribution in [0.15, 0.2) is 28.4 Å². The molecule has 0 radical (unpaired) electrons. The van der Waals surface area contributed by atoms with Gasteiger partial charge in [-0.2, -0.15) is 0 Å². The van der Waals surface area contributed by atoms with E-state index in [1.165, 1.54) is 11.3 Å². The number of thiophene rings is 1. The fourth-order valence-corrected chi connectivity index (χ4v) is 5.41. The summed E-state index contributed by atoms with van der Waals surface area (Å²) in [6, 6.07) is 5.85. The lowest BCUT2D eigenvalue weighted by Crippen LogP contribution is -2.49. The van der Waals surface area contributed by atoms with Crippen LogP contribution in [0.5, 0.6) is 0 Å². The van der Waals surface area contributed by atoms with E-state index in [1.54, 1.807) is 6.92 Å². The Hall–Kier alpha value is -2.25. The maximum atomic E-state index is 12.9. The number of fused-ring (bicyclic) bond motifs is 4. The first kappa shape index (κ1) is 20.0. The van der Waals surface area contributed by atoms with Crippen LogP contribution in [-0.4, -0.2) is 53.2 Å². The number of amides is 1. The zero-order chi connectivity index (χ0) is 20.7. The predicted molar refractivity (Wildman–Crippen MR) is 114 cm³/mol. The number of carbonyl (C=O) groups is 2. The molecule has 0 unspecified atom stereocenters. The molecule has 2 atom stereocenters. The Bertz CT molecular complexity index is 1010. The van der Waals surface area contributed by atoms with E-state index < -0.39 is 0 Å². The normalized spacial score (nSPS) is 20.6. The second-order valence-corrected chi connectivity index (χ2v) is 9.50. The number of Topliss-reactive ketones (excluding diaryl/α,β-unsaturated/α-hetero) is 1. The van der Waals surface area contributed by atoms with Crippen molar-refractivity contribution in [1.82, 2.24) is 14.4 Å². The van der Waals surface area contributed by atoms with Gasteiger partial charge in [0.25, 0.3) is 5.56 Å². The van der Waals surface area contributed by atoms with Gasteiger partial charge in [-0.25, -0.2) is 0 Å². The van der Waals surface area contributed by atoms with E-state index in [-0.39, 0.29) is 23.2 Å². The molecule has 2 aromatic rings. The first-order chi connectivity index (χ1) is 13.8. The van der Waals surface area contributed by atoms with Crippen molar-refractivity contribution in [1.29, 1.82) is 0 Å². The molecule has 0 aliphatic carbocycles. The number of nitrogens with zero attached hydrogens (tertiary/aromatic N) is 3. The first-order valence-corrected chi connectivity index (χ1v) is 10.9. The number of pyridine rings is 1. The van der Waals surface area contributed by atoms with Crippen LogP contribution in [0.4, 0.5) is 0 Å². The molecule has 4 heterocycles. The van der Waals surface area contributed by atoms with Crippen LogP contribution in [0.1, 0.15) is 45.8 Å². The van der Waals surface area contributed by atoms with E-state index in [0.29, 0.717) is 43.4 Å². The van der Waals surface area contributed by atoms with Crippen molar-refractivity contribution in [2.75, 3.05) is 27.2 Å². The van der Waals surface area contributed by atoms with Crippen LogP contribution in [0, 0.1) is 5.92 Å². The Morgan fingerprint density at radius 1 is 1.21 bits per heavy atom. The summed E-state index contributed by atoms with van der Waals surface area (Å²) < 4.78 is 1.94. The van der Waals surface area contributed by atoms with Crippen LogP contribution >= 0.6 is 11.3 Å². The maximum absolute atomic E-state index is 12.9. The number of aromatic nitrogens is 1. The van der Waals surface area contributed by atoms with E-state index in [4.69, 9.17) is 0 Å². The minimum absolute atomic E-state index is 0.0388. The predicted octanol–water partition coefficient (Wildman–Crippen LogP) is 2.36. The molecule has 29 heavy (non-hydrogen) atoms. The number of hydrogen-bond acceptors (Lipinski definition) is 5. The molecule has 6 nitrogen and oxygen atoms in total. The summed E-state index contributed by atoms with van der Waals surface area (Å²) in [4.78, 5) is 42.0. The average Bonchev–Trinajstić information content (AvgIpc) is 3.13. The minimum Gasteiger partial charge on any atom is -0.341 e. The van der Waals surface area contributed by atoms with Crippen molar-refractivity contribution in [2.24, 2.45) is 5.92 Å². The Balaban J connectivity index is 1.50. The third-order valence-electron chi connectivity index (χ3n) is 5.88. The monoisotopic (exact) mass is 413 g/mol. The van der Waals surface area contributed by atoms with Gasteiger partial charge in [0.15, 0.2) is 5.78 Å². The smallest absolute Gasteiger partial charge is 0.255 e. The zero-order valence-corrected chi connectivity index (χ0v) is 18.0. The van der Waals surface area contributed by atoms with Crippen molar-refractivity contribution < 1.29 is 9.59 Å². The number of hydrogen-bond donors (Lipinski definition) is 0.